The second kappa shape index (κ2) is 6.27. The van der Waals surface area contributed by atoms with E-state index in [4.69, 9.17) is 11.6 Å². The molecule has 1 unspecified atom stereocenters. The zero-order valence-electron chi connectivity index (χ0n) is 12.8. The Bertz CT molecular complexity index is 641. The number of halogens is 1. The maximum Gasteiger partial charge on any atom is 0.121 e. The van der Waals surface area contributed by atoms with Crippen LogP contribution in [0.25, 0.3) is 0 Å². The Hall–Kier alpha value is -1.87. The molecule has 0 saturated heterocycles. The number of nitrogens with one attached hydrogen (secondary N) is 1. The highest BCUT2D eigenvalue weighted by Crippen LogP contribution is 2.31. The fourth-order valence-electron chi connectivity index (χ4n) is 2.31. The average Bonchev–Trinajstić information content (AvgIpc) is 2.37. The predicted octanol–water partition coefficient (Wildman–Crippen LogP) is 4.59. The summed E-state index contributed by atoms with van der Waals surface area (Å²) in [7, 11) is 3.92. The molecule has 0 amide bonds. The van der Waals surface area contributed by atoms with Gasteiger partial charge >= 0.3 is 0 Å². The smallest absolute Gasteiger partial charge is 0.121 e. The molecule has 0 spiro atoms. The Morgan fingerprint density at radius 3 is 2.43 bits per heavy atom. The minimum atomic E-state index is -0.00753. The van der Waals surface area contributed by atoms with Crippen molar-refractivity contribution in [1.82, 2.24) is 0 Å². The van der Waals surface area contributed by atoms with Crippen molar-refractivity contribution in [2.45, 2.75) is 19.9 Å². The molecule has 2 aromatic rings. The number of anilines is 2. The van der Waals surface area contributed by atoms with Crippen LogP contribution in [0.1, 0.15) is 24.1 Å². The van der Waals surface area contributed by atoms with E-state index in [2.05, 4.69) is 5.32 Å². The van der Waals surface area contributed by atoms with Crippen LogP contribution in [-0.4, -0.2) is 19.2 Å². The molecular formula is C17H21ClN2O. The lowest BCUT2D eigenvalue weighted by atomic mass is 10.0. The van der Waals surface area contributed by atoms with E-state index in [1.54, 1.807) is 6.07 Å². The van der Waals surface area contributed by atoms with Gasteiger partial charge in [-0.05, 0) is 43.7 Å². The Morgan fingerprint density at radius 2 is 1.86 bits per heavy atom. The third kappa shape index (κ3) is 3.61. The molecule has 0 aliphatic rings. The van der Waals surface area contributed by atoms with Crippen molar-refractivity contribution in [2.24, 2.45) is 0 Å². The second-order valence-electron chi connectivity index (χ2n) is 5.49. The molecule has 2 rings (SSSR count). The van der Waals surface area contributed by atoms with Gasteiger partial charge < -0.3 is 15.3 Å². The average molecular weight is 305 g/mol. The Morgan fingerprint density at radius 1 is 1.14 bits per heavy atom. The minimum Gasteiger partial charge on any atom is -0.508 e. The van der Waals surface area contributed by atoms with Gasteiger partial charge in [0.05, 0.1) is 16.8 Å². The van der Waals surface area contributed by atoms with E-state index in [0.29, 0.717) is 10.8 Å². The van der Waals surface area contributed by atoms with Crippen LogP contribution in [0.3, 0.4) is 0 Å². The van der Waals surface area contributed by atoms with Crippen molar-refractivity contribution in [3.8, 4) is 5.75 Å². The van der Waals surface area contributed by atoms with Crippen LogP contribution in [0.4, 0.5) is 11.4 Å². The molecule has 3 nitrogen and oxygen atoms in total. The number of benzene rings is 2. The van der Waals surface area contributed by atoms with Gasteiger partial charge in [-0.15, -0.1) is 0 Å². The summed E-state index contributed by atoms with van der Waals surface area (Å²) in [5, 5.41) is 14.1. The zero-order valence-corrected chi connectivity index (χ0v) is 13.6. The lowest BCUT2D eigenvalue weighted by Crippen LogP contribution is -2.10. The first-order chi connectivity index (χ1) is 9.88. The maximum atomic E-state index is 10.0. The highest BCUT2D eigenvalue weighted by atomic mass is 35.5. The van der Waals surface area contributed by atoms with Crippen LogP contribution in [0, 0.1) is 6.92 Å². The first kappa shape index (κ1) is 15.5. The maximum absolute atomic E-state index is 10.0. The molecule has 0 aliphatic heterocycles. The lowest BCUT2D eigenvalue weighted by Gasteiger charge is -2.19. The number of aryl methyl sites for hydroxylation is 1. The summed E-state index contributed by atoms with van der Waals surface area (Å²) in [6.45, 7) is 3.97. The molecule has 0 heterocycles. The van der Waals surface area contributed by atoms with Gasteiger partial charge in [0.2, 0.25) is 0 Å². The summed E-state index contributed by atoms with van der Waals surface area (Å²) in [5.41, 5.74) is 3.82. The van der Waals surface area contributed by atoms with Crippen molar-refractivity contribution in [3.63, 3.8) is 0 Å². The molecule has 2 aromatic carbocycles. The molecule has 0 aliphatic carbocycles. The summed E-state index contributed by atoms with van der Waals surface area (Å²) < 4.78 is 0. The summed E-state index contributed by atoms with van der Waals surface area (Å²) in [5.74, 6) is 0.311. The molecule has 0 aromatic heterocycles. The van der Waals surface area contributed by atoms with Gasteiger partial charge in [-0.25, -0.2) is 0 Å². The van der Waals surface area contributed by atoms with Gasteiger partial charge in [-0.3, -0.25) is 0 Å². The van der Waals surface area contributed by atoms with Crippen LogP contribution < -0.4 is 10.2 Å². The van der Waals surface area contributed by atoms with Crippen LogP contribution in [0.2, 0.25) is 5.02 Å². The van der Waals surface area contributed by atoms with Gasteiger partial charge in [0, 0.05) is 25.3 Å². The number of rotatable bonds is 4. The molecule has 0 bridgehead atoms. The molecule has 0 saturated carbocycles. The first-order valence-electron chi connectivity index (χ1n) is 6.91. The van der Waals surface area contributed by atoms with Gasteiger partial charge in [-0.2, -0.15) is 0 Å². The molecule has 0 radical (unpaired) electrons. The number of phenolic OH excluding ortho intramolecular Hbond substituents is 1. The Kier molecular flexibility index (Phi) is 4.63. The van der Waals surface area contributed by atoms with Gasteiger partial charge in [0.1, 0.15) is 5.75 Å². The quantitative estimate of drug-likeness (QED) is 0.867. The van der Waals surface area contributed by atoms with Crippen molar-refractivity contribution >= 4 is 23.0 Å². The summed E-state index contributed by atoms with van der Waals surface area (Å²) in [4.78, 5) is 1.97. The number of hydrogen-bond acceptors (Lipinski definition) is 3. The normalized spacial score (nSPS) is 12.0. The second-order valence-corrected chi connectivity index (χ2v) is 5.90. The zero-order chi connectivity index (χ0) is 15.6. The number of hydrogen-bond donors (Lipinski definition) is 2. The minimum absolute atomic E-state index is 0.00753. The van der Waals surface area contributed by atoms with Crippen molar-refractivity contribution in [1.29, 1.82) is 0 Å². The van der Waals surface area contributed by atoms with Gasteiger partial charge in [0.15, 0.2) is 0 Å². The fourth-order valence-corrected chi connectivity index (χ4v) is 2.66. The first-order valence-corrected chi connectivity index (χ1v) is 7.29. The number of aromatic hydroxyl groups is 1. The standard InChI is InChI=1S/C17H21ClN2O/c1-11-5-7-14(17(21)9-11)12(2)19-13-6-8-16(20(3)4)15(18)10-13/h5-10,12,19,21H,1-4H3. The summed E-state index contributed by atoms with van der Waals surface area (Å²) in [6.07, 6.45) is 0. The largest absolute Gasteiger partial charge is 0.508 e. The monoisotopic (exact) mass is 304 g/mol. The molecule has 1 atom stereocenters. The highest BCUT2D eigenvalue weighted by molar-refractivity contribution is 6.33. The van der Waals surface area contributed by atoms with Crippen LogP contribution in [-0.2, 0) is 0 Å². The van der Waals surface area contributed by atoms with E-state index in [9.17, 15) is 5.11 Å². The lowest BCUT2D eigenvalue weighted by molar-refractivity contribution is 0.465. The molecule has 4 heteroatoms. The predicted molar refractivity (Wildman–Crippen MR) is 90.7 cm³/mol. The van der Waals surface area contributed by atoms with E-state index in [0.717, 1.165) is 22.5 Å². The Labute approximate surface area is 131 Å². The Balaban J connectivity index is 2.19. The van der Waals surface area contributed by atoms with Gasteiger partial charge in [-0.1, -0.05) is 23.7 Å². The fraction of sp³-hybridized carbons (Fsp3) is 0.294. The van der Waals surface area contributed by atoms with Gasteiger partial charge in [0.25, 0.3) is 0 Å². The highest BCUT2D eigenvalue weighted by Gasteiger charge is 2.11. The SMILES string of the molecule is Cc1ccc(C(C)Nc2ccc(N(C)C)c(Cl)c2)c(O)c1. The van der Waals surface area contributed by atoms with Crippen molar-refractivity contribution < 1.29 is 5.11 Å². The third-order valence-electron chi connectivity index (χ3n) is 3.47. The topological polar surface area (TPSA) is 35.5 Å². The summed E-state index contributed by atoms with van der Waals surface area (Å²) in [6, 6.07) is 11.6. The van der Waals surface area contributed by atoms with Crippen molar-refractivity contribution in [2.75, 3.05) is 24.3 Å². The van der Waals surface area contributed by atoms with E-state index in [1.165, 1.54) is 0 Å². The van der Waals surface area contributed by atoms with E-state index >= 15 is 0 Å². The molecule has 2 N–H and O–H groups in total. The third-order valence-corrected chi connectivity index (χ3v) is 3.77. The molecular weight excluding hydrogens is 284 g/mol. The van der Waals surface area contributed by atoms with E-state index in [-0.39, 0.29) is 6.04 Å². The number of phenols is 1. The van der Waals surface area contributed by atoms with Crippen molar-refractivity contribution in [3.05, 3.63) is 52.5 Å². The molecule has 21 heavy (non-hydrogen) atoms. The molecule has 112 valence electrons. The van der Waals surface area contributed by atoms with E-state index in [1.807, 2.05) is 63.2 Å². The van der Waals surface area contributed by atoms with Crippen LogP contribution in [0.15, 0.2) is 36.4 Å². The summed E-state index contributed by atoms with van der Waals surface area (Å²) >= 11 is 6.27. The number of nitrogens with zero attached hydrogens (tertiary/aromatic N) is 1. The van der Waals surface area contributed by atoms with E-state index < -0.39 is 0 Å². The molecule has 0 fully saturated rings. The van der Waals surface area contributed by atoms with Crippen LogP contribution >= 0.6 is 11.6 Å². The van der Waals surface area contributed by atoms with Crippen LogP contribution in [0.5, 0.6) is 5.75 Å².